The summed E-state index contributed by atoms with van der Waals surface area (Å²) in [5, 5.41) is 12.8. The molecule has 3 aromatic carbocycles. The van der Waals surface area contributed by atoms with E-state index in [9.17, 15) is 9.59 Å². The van der Waals surface area contributed by atoms with E-state index in [0.29, 0.717) is 36.4 Å². The Morgan fingerprint density at radius 1 is 0.857 bits per heavy atom. The molecule has 0 bridgehead atoms. The van der Waals surface area contributed by atoms with Crippen LogP contribution in [0.1, 0.15) is 31.8 Å². The molecule has 1 aromatic heterocycles. The number of nitrogens with one attached hydrogen (secondary N) is 2. The first-order valence-electron chi connectivity index (χ1n) is 11.1. The van der Waals surface area contributed by atoms with Crippen molar-refractivity contribution in [2.24, 2.45) is 0 Å². The number of nitrogens with zero attached hydrogens (tertiary/aromatic N) is 1. The number of hydrogen-bond donors (Lipinski definition) is 3. The highest BCUT2D eigenvalue weighted by Crippen LogP contribution is 2.27. The van der Waals surface area contributed by atoms with Crippen molar-refractivity contribution >= 4 is 22.7 Å². The van der Waals surface area contributed by atoms with Gasteiger partial charge in [0, 0.05) is 41.3 Å². The quantitative estimate of drug-likeness (QED) is 0.254. The average Bonchev–Trinajstić information content (AvgIpc) is 3.24. The Morgan fingerprint density at radius 2 is 1.49 bits per heavy atom. The molecule has 4 rings (SSSR count). The minimum atomic E-state index is -0.547. The Bertz CT molecular complexity index is 1330. The van der Waals surface area contributed by atoms with Crippen molar-refractivity contribution in [1.82, 2.24) is 15.4 Å². The van der Waals surface area contributed by atoms with Crippen LogP contribution in [0.4, 0.5) is 0 Å². The largest absolute Gasteiger partial charge is 0.497 e. The maximum Gasteiger partial charge on any atom is 0.274 e. The van der Waals surface area contributed by atoms with Crippen LogP contribution in [-0.2, 0) is 13.0 Å². The number of aromatic nitrogens is 1. The van der Waals surface area contributed by atoms with Gasteiger partial charge in [0.25, 0.3) is 11.8 Å². The zero-order chi connectivity index (χ0) is 24.8. The first-order valence-corrected chi connectivity index (χ1v) is 11.1. The maximum absolute atomic E-state index is 12.5. The molecular formula is C27H27N3O5. The lowest BCUT2D eigenvalue weighted by Crippen LogP contribution is -2.25. The van der Waals surface area contributed by atoms with Gasteiger partial charge in [-0.05, 0) is 72.1 Å². The summed E-state index contributed by atoms with van der Waals surface area (Å²) in [6, 6.07) is 20.0. The molecule has 35 heavy (non-hydrogen) atoms. The van der Waals surface area contributed by atoms with E-state index in [1.807, 2.05) is 30.3 Å². The highest BCUT2D eigenvalue weighted by molar-refractivity contribution is 5.94. The van der Waals surface area contributed by atoms with Crippen LogP contribution in [0.2, 0.25) is 0 Å². The van der Waals surface area contributed by atoms with E-state index in [-0.39, 0.29) is 5.91 Å². The summed E-state index contributed by atoms with van der Waals surface area (Å²) in [4.78, 5) is 24.1. The predicted molar refractivity (Wildman–Crippen MR) is 132 cm³/mol. The summed E-state index contributed by atoms with van der Waals surface area (Å²) in [5.41, 5.74) is 5.73. The molecule has 4 aromatic rings. The van der Waals surface area contributed by atoms with Gasteiger partial charge in [0.05, 0.1) is 14.2 Å². The van der Waals surface area contributed by atoms with Crippen LogP contribution < -0.4 is 20.3 Å². The van der Waals surface area contributed by atoms with Crippen LogP contribution in [0, 0.1) is 0 Å². The van der Waals surface area contributed by atoms with Crippen LogP contribution in [0.25, 0.3) is 10.9 Å². The lowest BCUT2D eigenvalue weighted by atomic mass is 10.1. The van der Waals surface area contributed by atoms with Gasteiger partial charge < -0.3 is 19.4 Å². The molecule has 8 nitrogen and oxygen atoms in total. The van der Waals surface area contributed by atoms with Gasteiger partial charge in [-0.2, -0.15) is 0 Å². The summed E-state index contributed by atoms with van der Waals surface area (Å²) >= 11 is 0. The van der Waals surface area contributed by atoms with Gasteiger partial charge in [-0.15, -0.1) is 0 Å². The third-order valence-corrected chi connectivity index (χ3v) is 5.87. The van der Waals surface area contributed by atoms with Crippen molar-refractivity contribution < 1.29 is 24.3 Å². The third kappa shape index (κ3) is 5.44. The summed E-state index contributed by atoms with van der Waals surface area (Å²) in [6.45, 7) is 1.08. The molecule has 0 atom stereocenters. The zero-order valence-corrected chi connectivity index (χ0v) is 19.6. The van der Waals surface area contributed by atoms with E-state index >= 15 is 0 Å². The SMILES string of the molecule is COc1ccc(C(=O)NCCc2cn(Cc3ccc(C(=O)NO)cc3)c3ccc(OC)cc23)cc1. The monoisotopic (exact) mass is 473 g/mol. The number of carbonyl (C=O) groups is 2. The van der Waals surface area contributed by atoms with Gasteiger partial charge in [0.1, 0.15) is 11.5 Å². The fourth-order valence-electron chi connectivity index (χ4n) is 3.98. The van der Waals surface area contributed by atoms with Gasteiger partial charge in [-0.25, -0.2) is 5.48 Å². The Balaban J connectivity index is 1.51. The average molecular weight is 474 g/mol. The summed E-state index contributed by atoms with van der Waals surface area (Å²) in [5.74, 6) is 0.780. The standard InChI is InChI=1S/C27H27N3O5/c1-34-22-9-7-19(8-10-22)26(31)28-14-13-21-17-30(25-12-11-23(35-2)15-24(21)25)16-18-3-5-20(6-4-18)27(32)29-33/h3-12,15,17,33H,13-14,16H2,1-2H3,(H,28,31)(H,29,32). The van der Waals surface area contributed by atoms with E-state index in [4.69, 9.17) is 14.7 Å². The van der Waals surface area contributed by atoms with Gasteiger partial charge in [-0.1, -0.05) is 12.1 Å². The molecule has 0 aliphatic rings. The minimum Gasteiger partial charge on any atom is -0.497 e. The van der Waals surface area contributed by atoms with E-state index in [0.717, 1.165) is 27.8 Å². The summed E-state index contributed by atoms with van der Waals surface area (Å²) in [7, 11) is 3.22. The summed E-state index contributed by atoms with van der Waals surface area (Å²) < 4.78 is 12.7. The normalized spacial score (nSPS) is 10.7. The van der Waals surface area contributed by atoms with E-state index in [1.165, 1.54) is 0 Å². The van der Waals surface area contributed by atoms with Crippen molar-refractivity contribution in [1.29, 1.82) is 0 Å². The van der Waals surface area contributed by atoms with Gasteiger partial charge in [0.15, 0.2) is 0 Å². The number of hydroxylamine groups is 1. The maximum atomic E-state index is 12.5. The number of rotatable bonds is 9. The Kier molecular flexibility index (Phi) is 7.32. The molecule has 8 heteroatoms. The number of ether oxygens (including phenoxy) is 2. The molecule has 0 aliphatic carbocycles. The molecule has 0 radical (unpaired) electrons. The number of carbonyl (C=O) groups excluding carboxylic acids is 2. The van der Waals surface area contributed by atoms with Gasteiger partial charge in [0.2, 0.25) is 0 Å². The summed E-state index contributed by atoms with van der Waals surface area (Å²) in [6.07, 6.45) is 2.73. The van der Waals surface area contributed by atoms with Crippen LogP contribution in [0.3, 0.4) is 0 Å². The number of amides is 2. The minimum absolute atomic E-state index is 0.138. The molecule has 3 N–H and O–H groups in total. The smallest absolute Gasteiger partial charge is 0.274 e. The van der Waals surface area contributed by atoms with Gasteiger partial charge >= 0.3 is 0 Å². The van der Waals surface area contributed by atoms with Crippen molar-refractivity contribution in [3.63, 3.8) is 0 Å². The molecule has 0 unspecified atom stereocenters. The molecule has 2 amide bonds. The van der Waals surface area contributed by atoms with Crippen LogP contribution >= 0.6 is 0 Å². The highest BCUT2D eigenvalue weighted by atomic mass is 16.5. The van der Waals surface area contributed by atoms with Gasteiger partial charge in [-0.3, -0.25) is 14.8 Å². The lowest BCUT2D eigenvalue weighted by molar-refractivity contribution is 0.0706. The first-order chi connectivity index (χ1) is 17.0. The van der Waals surface area contributed by atoms with Crippen molar-refractivity contribution in [2.45, 2.75) is 13.0 Å². The van der Waals surface area contributed by atoms with Crippen molar-refractivity contribution in [3.8, 4) is 11.5 Å². The number of benzene rings is 3. The fraction of sp³-hybridized carbons (Fsp3) is 0.185. The van der Waals surface area contributed by atoms with Crippen LogP contribution in [0.15, 0.2) is 72.9 Å². The van der Waals surface area contributed by atoms with Crippen LogP contribution in [0.5, 0.6) is 11.5 Å². The molecule has 180 valence electrons. The first kappa shape index (κ1) is 23.8. The number of methoxy groups -OCH3 is 2. The second kappa shape index (κ2) is 10.8. The zero-order valence-electron chi connectivity index (χ0n) is 19.6. The third-order valence-electron chi connectivity index (χ3n) is 5.87. The Morgan fingerprint density at radius 3 is 2.14 bits per heavy atom. The Labute approximate surface area is 203 Å². The molecule has 0 fully saturated rings. The van der Waals surface area contributed by atoms with Crippen molar-refractivity contribution in [3.05, 3.63) is 95.2 Å². The number of hydrogen-bond acceptors (Lipinski definition) is 5. The molecular weight excluding hydrogens is 446 g/mol. The predicted octanol–water partition coefficient (Wildman–Crippen LogP) is 3.80. The molecule has 0 saturated heterocycles. The second-order valence-corrected chi connectivity index (χ2v) is 8.04. The van der Waals surface area contributed by atoms with E-state index < -0.39 is 5.91 Å². The van der Waals surface area contributed by atoms with E-state index in [2.05, 4.69) is 16.1 Å². The van der Waals surface area contributed by atoms with Crippen molar-refractivity contribution in [2.75, 3.05) is 20.8 Å². The Hall–Kier alpha value is -4.30. The molecule has 0 saturated carbocycles. The molecule has 0 spiro atoms. The second-order valence-electron chi connectivity index (χ2n) is 8.04. The lowest BCUT2D eigenvalue weighted by Gasteiger charge is -2.07. The van der Waals surface area contributed by atoms with E-state index in [1.54, 1.807) is 56.1 Å². The highest BCUT2D eigenvalue weighted by Gasteiger charge is 2.12. The number of fused-ring (bicyclic) bond motifs is 1. The molecule has 1 heterocycles. The molecule has 0 aliphatic heterocycles. The fourth-order valence-corrected chi connectivity index (χ4v) is 3.98. The van der Waals surface area contributed by atoms with Crippen LogP contribution in [-0.4, -0.2) is 42.4 Å². The topological polar surface area (TPSA) is 102 Å².